The van der Waals surface area contributed by atoms with Crippen LogP contribution in [0.1, 0.15) is 0 Å². The third-order valence-electron chi connectivity index (χ3n) is 0.955. The Labute approximate surface area is 41.4 Å². The van der Waals surface area contributed by atoms with E-state index >= 15 is 0 Å². The molecule has 0 radical (unpaired) electrons. The van der Waals surface area contributed by atoms with Gasteiger partial charge in [-0.15, -0.1) is 0 Å². The van der Waals surface area contributed by atoms with Gasteiger partial charge in [-0.25, -0.2) is 0 Å². The van der Waals surface area contributed by atoms with Crippen LogP contribution in [0.4, 0.5) is 0 Å². The average Bonchev–Trinajstić information content (AvgIpc) is 1.91. The highest BCUT2D eigenvalue weighted by molar-refractivity contribution is 5.86. The zero-order valence-corrected chi connectivity index (χ0v) is 3.89. The fraction of sp³-hybridized carbons (Fsp3) is 0.750. The molecule has 1 atom stereocenters. The maximum atomic E-state index is 10.3. The van der Waals surface area contributed by atoms with E-state index in [1.165, 1.54) is 0 Å². The zero-order valence-electron chi connectivity index (χ0n) is 3.89. The number of hydrogen-bond acceptors (Lipinski definition) is 3. The molecule has 1 fully saturated rings. The number of ether oxygens (including phenoxy) is 1. The van der Waals surface area contributed by atoms with Crippen molar-refractivity contribution in [2.24, 2.45) is 5.73 Å². The Kier molecular flexibility index (Phi) is 1.08. The van der Waals surface area contributed by atoms with Gasteiger partial charge in [0, 0.05) is 0 Å². The maximum absolute atomic E-state index is 10.3. The van der Waals surface area contributed by atoms with Crippen molar-refractivity contribution in [3.8, 4) is 0 Å². The van der Waals surface area contributed by atoms with Crippen LogP contribution in [0.15, 0.2) is 0 Å². The van der Waals surface area contributed by atoms with E-state index < -0.39 is 0 Å². The number of Topliss-reactive ketones (excluding diaryl/α,β-unsaturated/α-hetero) is 1. The molecular weight excluding hydrogens is 94.0 g/mol. The number of nitrogens with two attached hydrogens (primary N) is 1. The average molecular weight is 101 g/mol. The molecule has 40 valence electrons. The fourth-order valence-corrected chi connectivity index (χ4v) is 0.486. The Hall–Kier alpha value is -0.410. The van der Waals surface area contributed by atoms with Gasteiger partial charge in [-0.2, -0.15) is 0 Å². The van der Waals surface area contributed by atoms with E-state index in [0.29, 0.717) is 6.61 Å². The SMILES string of the molecule is N[C@@H]1COCC1=O. The Morgan fingerprint density at radius 2 is 2.57 bits per heavy atom. The summed E-state index contributed by atoms with van der Waals surface area (Å²) >= 11 is 0. The molecule has 1 saturated heterocycles. The van der Waals surface area contributed by atoms with Crippen LogP contribution >= 0.6 is 0 Å². The highest BCUT2D eigenvalue weighted by Gasteiger charge is 2.19. The summed E-state index contributed by atoms with van der Waals surface area (Å²) in [7, 11) is 0. The molecule has 3 nitrogen and oxygen atoms in total. The normalized spacial score (nSPS) is 31.6. The summed E-state index contributed by atoms with van der Waals surface area (Å²) in [4.78, 5) is 10.3. The van der Waals surface area contributed by atoms with Crippen molar-refractivity contribution in [1.29, 1.82) is 0 Å². The van der Waals surface area contributed by atoms with Crippen LogP contribution in [-0.2, 0) is 9.53 Å². The van der Waals surface area contributed by atoms with E-state index in [-0.39, 0.29) is 18.4 Å². The van der Waals surface area contributed by atoms with Gasteiger partial charge in [-0.3, -0.25) is 4.79 Å². The second kappa shape index (κ2) is 1.60. The van der Waals surface area contributed by atoms with Crippen LogP contribution in [0.5, 0.6) is 0 Å². The number of hydrogen-bond donors (Lipinski definition) is 1. The van der Waals surface area contributed by atoms with Crippen LogP contribution in [0, 0.1) is 0 Å². The smallest absolute Gasteiger partial charge is 0.177 e. The number of carbonyl (C=O) groups excluding carboxylic acids is 1. The quantitative estimate of drug-likeness (QED) is 0.422. The van der Waals surface area contributed by atoms with E-state index in [1.54, 1.807) is 0 Å². The molecule has 1 rings (SSSR count). The molecule has 0 unspecified atom stereocenters. The maximum Gasteiger partial charge on any atom is 0.177 e. The Morgan fingerprint density at radius 3 is 2.71 bits per heavy atom. The molecule has 0 amide bonds. The van der Waals surface area contributed by atoms with Gasteiger partial charge in [-0.05, 0) is 0 Å². The summed E-state index contributed by atoms with van der Waals surface area (Å²) in [6.07, 6.45) is 0. The summed E-state index contributed by atoms with van der Waals surface area (Å²) in [6, 6.07) is -0.347. The second-order valence-electron chi connectivity index (χ2n) is 1.59. The van der Waals surface area contributed by atoms with Crippen molar-refractivity contribution in [2.45, 2.75) is 6.04 Å². The van der Waals surface area contributed by atoms with E-state index in [9.17, 15) is 4.79 Å². The first-order chi connectivity index (χ1) is 3.30. The minimum absolute atomic E-state index is 0.0139. The Morgan fingerprint density at radius 1 is 1.86 bits per heavy atom. The van der Waals surface area contributed by atoms with Crippen molar-refractivity contribution in [3.63, 3.8) is 0 Å². The molecule has 0 saturated carbocycles. The summed E-state index contributed by atoms with van der Waals surface area (Å²) in [5, 5.41) is 0. The van der Waals surface area contributed by atoms with Crippen LogP contribution in [-0.4, -0.2) is 25.0 Å². The van der Waals surface area contributed by atoms with Gasteiger partial charge in [0.25, 0.3) is 0 Å². The molecule has 0 aromatic carbocycles. The molecular formula is C4H7NO2. The second-order valence-corrected chi connectivity index (χ2v) is 1.59. The summed E-state index contributed by atoms with van der Waals surface area (Å²) < 4.78 is 4.69. The third-order valence-corrected chi connectivity index (χ3v) is 0.955. The van der Waals surface area contributed by atoms with Gasteiger partial charge in [0.05, 0.1) is 12.6 Å². The van der Waals surface area contributed by atoms with Gasteiger partial charge < -0.3 is 10.5 Å². The lowest BCUT2D eigenvalue weighted by Crippen LogP contribution is -2.27. The molecule has 0 aliphatic carbocycles. The zero-order chi connectivity index (χ0) is 5.28. The first-order valence-corrected chi connectivity index (χ1v) is 2.17. The molecule has 0 aromatic heterocycles. The number of carbonyl (C=O) groups is 1. The predicted molar refractivity (Wildman–Crippen MR) is 23.8 cm³/mol. The first-order valence-electron chi connectivity index (χ1n) is 2.17. The number of ketones is 1. The Balaban J connectivity index is 2.48. The molecule has 1 heterocycles. The van der Waals surface area contributed by atoms with Crippen molar-refractivity contribution in [1.82, 2.24) is 0 Å². The van der Waals surface area contributed by atoms with Crippen LogP contribution < -0.4 is 5.73 Å². The molecule has 1 aliphatic rings. The minimum Gasteiger partial charge on any atom is -0.372 e. The standard InChI is InChI=1S/C4H7NO2/c5-3-1-7-2-4(3)6/h3H,1-2,5H2/t3-/m1/s1. The number of rotatable bonds is 0. The predicted octanol–water partition coefficient (Wildman–Crippen LogP) is -1.09. The summed E-state index contributed by atoms with van der Waals surface area (Å²) in [5.74, 6) is 0.0139. The molecule has 0 bridgehead atoms. The summed E-state index contributed by atoms with van der Waals surface area (Å²) in [5.41, 5.74) is 5.20. The van der Waals surface area contributed by atoms with Crippen LogP contribution in [0.2, 0.25) is 0 Å². The van der Waals surface area contributed by atoms with Crippen LogP contribution in [0.25, 0.3) is 0 Å². The lowest BCUT2D eigenvalue weighted by atomic mass is 10.3. The van der Waals surface area contributed by atoms with E-state index in [0.717, 1.165) is 0 Å². The lowest BCUT2D eigenvalue weighted by molar-refractivity contribution is -0.118. The minimum atomic E-state index is -0.347. The lowest BCUT2D eigenvalue weighted by Gasteiger charge is -1.89. The van der Waals surface area contributed by atoms with Crippen molar-refractivity contribution >= 4 is 5.78 Å². The van der Waals surface area contributed by atoms with Gasteiger partial charge in [0.2, 0.25) is 0 Å². The summed E-state index contributed by atoms with van der Waals surface area (Å²) in [6.45, 7) is 0.611. The van der Waals surface area contributed by atoms with E-state index in [4.69, 9.17) is 10.5 Å². The molecule has 7 heavy (non-hydrogen) atoms. The largest absolute Gasteiger partial charge is 0.372 e. The third kappa shape index (κ3) is 0.783. The first kappa shape index (κ1) is 4.74. The molecule has 0 aromatic rings. The van der Waals surface area contributed by atoms with Crippen LogP contribution in [0.3, 0.4) is 0 Å². The monoisotopic (exact) mass is 101 g/mol. The Bertz CT molecular complexity index is 91.7. The topological polar surface area (TPSA) is 52.3 Å². The van der Waals surface area contributed by atoms with Gasteiger partial charge in [0.1, 0.15) is 6.61 Å². The highest BCUT2D eigenvalue weighted by Crippen LogP contribution is 1.93. The molecule has 3 heteroatoms. The van der Waals surface area contributed by atoms with Crippen molar-refractivity contribution in [3.05, 3.63) is 0 Å². The molecule has 0 spiro atoms. The highest BCUT2D eigenvalue weighted by atomic mass is 16.5. The van der Waals surface area contributed by atoms with E-state index in [1.807, 2.05) is 0 Å². The van der Waals surface area contributed by atoms with Crippen molar-refractivity contribution in [2.75, 3.05) is 13.2 Å². The molecule has 2 N–H and O–H groups in total. The van der Waals surface area contributed by atoms with Crippen molar-refractivity contribution < 1.29 is 9.53 Å². The van der Waals surface area contributed by atoms with Gasteiger partial charge in [-0.1, -0.05) is 0 Å². The van der Waals surface area contributed by atoms with Gasteiger partial charge in [0.15, 0.2) is 5.78 Å². The van der Waals surface area contributed by atoms with Gasteiger partial charge >= 0.3 is 0 Å². The molecule has 1 aliphatic heterocycles. The van der Waals surface area contributed by atoms with E-state index in [2.05, 4.69) is 0 Å². The fourth-order valence-electron chi connectivity index (χ4n) is 0.486.